The van der Waals surface area contributed by atoms with E-state index in [1.54, 1.807) is 0 Å². The maximum Gasteiger partial charge on any atom is 0.0891 e. The SMILES string of the molecule is CC(C#N)SC1CCC(C)(C)CC1. The van der Waals surface area contributed by atoms with E-state index in [4.69, 9.17) is 5.26 Å². The molecule has 0 N–H and O–H groups in total. The van der Waals surface area contributed by atoms with E-state index in [1.165, 1.54) is 25.7 Å². The minimum Gasteiger partial charge on any atom is -0.197 e. The molecule has 0 saturated heterocycles. The summed E-state index contributed by atoms with van der Waals surface area (Å²) in [6.45, 7) is 6.70. The zero-order valence-corrected chi connectivity index (χ0v) is 9.66. The fraction of sp³-hybridized carbons (Fsp3) is 0.909. The maximum atomic E-state index is 8.70. The quantitative estimate of drug-likeness (QED) is 0.675. The summed E-state index contributed by atoms with van der Waals surface area (Å²) in [4.78, 5) is 0. The highest BCUT2D eigenvalue weighted by atomic mass is 32.2. The van der Waals surface area contributed by atoms with Gasteiger partial charge in [-0.25, -0.2) is 0 Å². The Morgan fingerprint density at radius 3 is 2.38 bits per heavy atom. The molecular weight excluding hydrogens is 178 g/mol. The first-order valence-corrected chi connectivity index (χ1v) is 6.03. The molecule has 1 rings (SSSR count). The number of rotatable bonds is 2. The van der Waals surface area contributed by atoms with Gasteiger partial charge >= 0.3 is 0 Å². The van der Waals surface area contributed by atoms with Crippen molar-refractivity contribution in [3.05, 3.63) is 0 Å². The molecule has 0 bridgehead atoms. The molecule has 0 aromatic rings. The summed E-state index contributed by atoms with van der Waals surface area (Å²) in [6, 6.07) is 2.30. The van der Waals surface area contributed by atoms with Crippen LogP contribution < -0.4 is 0 Å². The molecule has 2 heteroatoms. The predicted molar refractivity (Wildman–Crippen MR) is 58.7 cm³/mol. The number of nitriles is 1. The third-order valence-electron chi connectivity index (χ3n) is 2.86. The van der Waals surface area contributed by atoms with Gasteiger partial charge in [0, 0.05) is 5.25 Å². The van der Waals surface area contributed by atoms with E-state index in [1.807, 2.05) is 18.7 Å². The first-order valence-electron chi connectivity index (χ1n) is 5.08. The zero-order chi connectivity index (χ0) is 9.90. The number of hydrogen-bond acceptors (Lipinski definition) is 2. The van der Waals surface area contributed by atoms with Crippen molar-refractivity contribution in [3.63, 3.8) is 0 Å². The minimum atomic E-state index is 0.172. The summed E-state index contributed by atoms with van der Waals surface area (Å²) >= 11 is 1.86. The van der Waals surface area contributed by atoms with Gasteiger partial charge in [0.15, 0.2) is 0 Å². The van der Waals surface area contributed by atoms with Gasteiger partial charge in [0.05, 0.1) is 11.3 Å². The first kappa shape index (κ1) is 10.9. The predicted octanol–water partition coefficient (Wildman–Crippen LogP) is 3.60. The van der Waals surface area contributed by atoms with Crippen LogP contribution in [0.5, 0.6) is 0 Å². The topological polar surface area (TPSA) is 23.8 Å². The lowest BCUT2D eigenvalue weighted by Gasteiger charge is -2.34. The molecule has 13 heavy (non-hydrogen) atoms. The molecule has 1 nitrogen and oxygen atoms in total. The molecule has 74 valence electrons. The van der Waals surface area contributed by atoms with Crippen molar-refractivity contribution >= 4 is 11.8 Å². The van der Waals surface area contributed by atoms with Crippen LogP contribution in [0.1, 0.15) is 46.5 Å². The molecule has 0 radical (unpaired) electrons. The second kappa shape index (κ2) is 4.37. The summed E-state index contributed by atoms with van der Waals surface area (Å²) < 4.78 is 0. The highest BCUT2D eigenvalue weighted by Gasteiger charge is 2.27. The van der Waals surface area contributed by atoms with Gasteiger partial charge in [-0.15, -0.1) is 11.8 Å². The van der Waals surface area contributed by atoms with Gasteiger partial charge in [0.2, 0.25) is 0 Å². The normalized spacial score (nSPS) is 25.1. The Kier molecular flexibility index (Phi) is 3.67. The molecule has 0 aromatic carbocycles. The second-order valence-corrected chi connectivity index (χ2v) is 6.42. The molecule has 0 spiro atoms. The molecular formula is C11H19NS. The molecule has 0 aromatic heterocycles. The minimum absolute atomic E-state index is 0.172. The van der Waals surface area contributed by atoms with E-state index in [9.17, 15) is 0 Å². The van der Waals surface area contributed by atoms with Crippen molar-refractivity contribution in [2.24, 2.45) is 5.41 Å². The summed E-state index contributed by atoms with van der Waals surface area (Å²) in [5.74, 6) is 0. The second-order valence-electron chi connectivity index (χ2n) is 4.77. The summed E-state index contributed by atoms with van der Waals surface area (Å²) in [6.07, 6.45) is 5.24. The highest BCUT2D eigenvalue weighted by molar-refractivity contribution is 8.00. The Labute approximate surface area is 85.9 Å². The maximum absolute atomic E-state index is 8.70. The molecule has 0 amide bonds. The van der Waals surface area contributed by atoms with Crippen molar-refractivity contribution in [2.45, 2.75) is 57.0 Å². The van der Waals surface area contributed by atoms with Crippen LogP contribution in [0, 0.1) is 16.7 Å². The van der Waals surface area contributed by atoms with E-state index in [0.29, 0.717) is 5.41 Å². The lowest BCUT2D eigenvalue weighted by molar-refractivity contribution is 0.249. The average Bonchev–Trinajstić information content (AvgIpc) is 2.08. The third-order valence-corrected chi connectivity index (χ3v) is 4.23. The molecule has 1 aliphatic rings. The fourth-order valence-electron chi connectivity index (χ4n) is 1.83. The third kappa shape index (κ3) is 3.60. The largest absolute Gasteiger partial charge is 0.197 e. The van der Waals surface area contributed by atoms with Gasteiger partial charge in [-0.1, -0.05) is 13.8 Å². The van der Waals surface area contributed by atoms with Gasteiger partial charge in [-0.2, -0.15) is 5.26 Å². The molecule has 0 heterocycles. The molecule has 1 unspecified atom stereocenters. The van der Waals surface area contributed by atoms with Crippen molar-refractivity contribution in [2.75, 3.05) is 0 Å². The molecule has 1 aliphatic carbocycles. The lowest BCUT2D eigenvalue weighted by Crippen LogP contribution is -2.23. The summed E-state index contributed by atoms with van der Waals surface area (Å²) in [5, 5.41) is 9.61. The number of hydrogen-bond donors (Lipinski definition) is 0. The van der Waals surface area contributed by atoms with Crippen LogP contribution in [-0.4, -0.2) is 10.5 Å². The van der Waals surface area contributed by atoms with Crippen LogP contribution in [-0.2, 0) is 0 Å². The smallest absolute Gasteiger partial charge is 0.0891 e. The standard InChI is InChI=1S/C11H19NS/c1-9(8-12)13-10-4-6-11(2,3)7-5-10/h9-10H,4-7H2,1-3H3. The monoisotopic (exact) mass is 197 g/mol. The van der Waals surface area contributed by atoms with E-state index >= 15 is 0 Å². The summed E-state index contributed by atoms with van der Waals surface area (Å²) in [7, 11) is 0. The Morgan fingerprint density at radius 2 is 1.92 bits per heavy atom. The molecule has 1 atom stereocenters. The van der Waals surface area contributed by atoms with Gasteiger partial charge in [0.25, 0.3) is 0 Å². The van der Waals surface area contributed by atoms with Crippen LogP contribution in [0.25, 0.3) is 0 Å². The molecule has 0 aliphatic heterocycles. The Bertz CT molecular complexity index is 195. The van der Waals surface area contributed by atoms with Gasteiger partial charge in [-0.3, -0.25) is 0 Å². The first-order chi connectivity index (χ1) is 6.03. The van der Waals surface area contributed by atoms with E-state index in [0.717, 1.165) is 5.25 Å². The van der Waals surface area contributed by atoms with E-state index < -0.39 is 0 Å². The highest BCUT2D eigenvalue weighted by Crippen LogP contribution is 2.40. The Morgan fingerprint density at radius 1 is 1.38 bits per heavy atom. The van der Waals surface area contributed by atoms with Crippen LogP contribution in [0.2, 0.25) is 0 Å². The number of nitrogens with zero attached hydrogens (tertiary/aromatic N) is 1. The van der Waals surface area contributed by atoms with Gasteiger partial charge in [-0.05, 0) is 38.0 Å². The van der Waals surface area contributed by atoms with Crippen LogP contribution in [0.4, 0.5) is 0 Å². The Balaban J connectivity index is 2.30. The molecule has 1 fully saturated rings. The van der Waals surface area contributed by atoms with Crippen molar-refractivity contribution < 1.29 is 0 Å². The van der Waals surface area contributed by atoms with Gasteiger partial charge in [0.1, 0.15) is 0 Å². The van der Waals surface area contributed by atoms with Gasteiger partial charge < -0.3 is 0 Å². The van der Waals surface area contributed by atoms with Crippen molar-refractivity contribution in [3.8, 4) is 6.07 Å². The average molecular weight is 197 g/mol. The van der Waals surface area contributed by atoms with Crippen LogP contribution in [0.15, 0.2) is 0 Å². The van der Waals surface area contributed by atoms with E-state index in [-0.39, 0.29) is 5.25 Å². The van der Waals surface area contributed by atoms with Crippen molar-refractivity contribution in [1.29, 1.82) is 5.26 Å². The number of thioether (sulfide) groups is 1. The summed E-state index contributed by atoms with van der Waals surface area (Å²) in [5.41, 5.74) is 0.549. The van der Waals surface area contributed by atoms with Crippen LogP contribution in [0.3, 0.4) is 0 Å². The van der Waals surface area contributed by atoms with Crippen molar-refractivity contribution in [1.82, 2.24) is 0 Å². The zero-order valence-electron chi connectivity index (χ0n) is 8.84. The van der Waals surface area contributed by atoms with E-state index in [2.05, 4.69) is 19.9 Å². The lowest BCUT2D eigenvalue weighted by atomic mass is 9.77. The molecule has 1 saturated carbocycles. The Hall–Kier alpha value is -0.160. The fourth-order valence-corrected chi connectivity index (χ4v) is 2.97. The van der Waals surface area contributed by atoms with Crippen LogP contribution >= 0.6 is 11.8 Å².